The highest BCUT2D eigenvalue weighted by Gasteiger charge is 2.48. The van der Waals surface area contributed by atoms with Gasteiger partial charge in [0.25, 0.3) is 0 Å². The van der Waals surface area contributed by atoms with Crippen LogP contribution in [0.4, 0.5) is 0 Å². The van der Waals surface area contributed by atoms with Gasteiger partial charge in [0.1, 0.15) is 6.61 Å². The van der Waals surface area contributed by atoms with E-state index in [0.29, 0.717) is 30.9 Å². The normalized spacial score (nSPS) is 26.0. The van der Waals surface area contributed by atoms with Crippen molar-refractivity contribution in [2.24, 2.45) is 11.8 Å². The van der Waals surface area contributed by atoms with Gasteiger partial charge in [0.05, 0.1) is 18.8 Å². The first-order chi connectivity index (χ1) is 13.0. The molecule has 27 heavy (non-hydrogen) atoms. The Kier molecular flexibility index (Phi) is 8.94. The van der Waals surface area contributed by atoms with Crippen molar-refractivity contribution in [3.63, 3.8) is 0 Å². The van der Waals surface area contributed by atoms with Crippen molar-refractivity contribution in [2.75, 3.05) is 19.7 Å². The number of unbranched alkanes of at least 4 members (excludes halogenated alkanes) is 3. The van der Waals surface area contributed by atoms with Gasteiger partial charge in [-0.25, -0.2) is 0 Å². The van der Waals surface area contributed by atoms with Gasteiger partial charge in [0.2, 0.25) is 11.8 Å². The summed E-state index contributed by atoms with van der Waals surface area (Å²) >= 11 is 0. The van der Waals surface area contributed by atoms with Crippen LogP contribution in [-0.4, -0.2) is 54.6 Å². The molecule has 0 radical (unpaired) electrons. The molecule has 2 fully saturated rings. The fourth-order valence-corrected chi connectivity index (χ4v) is 4.22. The maximum absolute atomic E-state index is 11.9. The summed E-state index contributed by atoms with van der Waals surface area (Å²) in [5, 5.41) is 14.1. The van der Waals surface area contributed by atoms with E-state index in [1.165, 1.54) is 0 Å². The average Bonchev–Trinajstić information content (AvgIpc) is 3.28. The van der Waals surface area contributed by atoms with Gasteiger partial charge >= 0.3 is 0 Å². The molecule has 0 aromatic carbocycles. The van der Waals surface area contributed by atoms with Crippen molar-refractivity contribution in [1.29, 1.82) is 0 Å². The van der Waals surface area contributed by atoms with Crippen LogP contribution in [0.3, 0.4) is 0 Å². The largest absolute Gasteiger partial charge is 0.389 e. The van der Waals surface area contributed by atoms with Gasteiger partial charge in [-0.1, -0.05) is 25.8 Å². The van der Waals surface area contributed by atoms with Gasteiger partial charge in [0.15, 0.2) is 5.78 Å². The van der Waals surface area contributed by atoms with E-state index in [4.69, 9.17) is 9.84 Å². The van der Waals surface area contributed by atoms with Crippen molar-refractivity contribution in [1.82, 2.24) is 10.6 Å². The highest BCUT2D eigenvalue weighted by Crippen LogP contribution is 2.45. The van der Waals surface area contributed by atoms with Crippen molar-refractivity contribution in [2.45, 2.75) is 63.6 Å². The van der Waals surface area contributed by atoms with E-state index in [2.05, 4.69) is 17.2 Å². The van der Waals surface area contributed by atoms with Crippen molar-refractivity contribution < 1.29 is 24.2 Å². The number of fused-ring (bicyclic) bond motifs is 2. The third-order valence-corrected chi connectivity index (χ3v) is 5.65. The lowest BCUT2D eigenvalue weighted by Crippen LogP contribution is -2.42. The fraction of sp³-hybridized carbons (Fsp3) is 0.750. The smallest absolute Gasteiger partial charge is 0.243 e. The van der Waals surface area contributed by atoms with Crippen LogP contribution in [-0.2, 0) is 19.1 Å². The zero-order valence-corrected chi connectivity index (χ0v) is 16.0. The molecule has 3 N–H and O–H groups in total. The molecule has 152 valence electrons. The minimum absolute atomic E-state index is 0.0379. The van der Waals surface area contributed by atoms with Crippen LogP contribution in [0.2, 0.25) is 0 Å². The highest BCUT2D eigenvalue weighted by atomic mass is 16.5. The monoisotopic (exact) mass is 380 g/mol. The Labute approximate surface area is 160 Å². The molecule has 0 saturated carbocycles. The van der Waals surface area contributed by atoms with E-state index >= 15 is 0 Å². The van der Waals surface area contributed by atoms with Crippen LogP contribution in [0.1, 0.15) is 51.4 Å². The molecule has 2 bridgehead atoms. The first-order valence-corrected chi connectivity index (χ1v) is 10.00. The minimum Gasteiger partial charge on any atom is -0.389 e. The predicted octanol–water partition coefficient (Wildman–Crippen LogP) is 1.10. The Hall–Kier alpha value is -1.73. The third kappa shape index (κ3) is 6.74. The number of nitrogens with one attached hydrogen (secondary N) is 2. The summed E-state index contributed by atoms with van der Waals surface area (Å²) in [4.78, 5) is 34.1. The fourth-order valence-electron chi connectivity index (χ4n) is 4.22. The molecule has 7 heteroatoms. The molecular weight excluding hydrogens is 348 g/mol. The van der Waals surface area contributed by atoms with Crippen molar-refractivity contribution >= 4 is 17.6 Å². The quantitative estimate of drug-likeness (QED) is 0.328. The van der Waals surface area contributed by atoms with Crippen molar-refractivity contribution in [3.8, 4) is 0 Å². The van der Waals surface area contributed by atoms with E-state index in [1.54, 1.807) is 0 Å². The number of carbonyl (C=O) groups excluding carboxylic acids is 3. The van der Waals surface area contributed by atoms with Gasteiger partial charge < -0.3 is 20.5 Å². The van der Waals surface area contributed by atoms with Crippen molar-refractivity contribution in [3.05, 3.63) is 12.7 Å². The summed E-state index contributed by atoms with van der Waals surface area (Å²) in [6, 6.07) is 0. The Morgan fingerprint density at radius 2 is 1.74 bits per heavy atom. The first-order valence-electron chi connectivity index (χ1n) is 10.00. The van der Waals surface area contributed by atoms with E-state index in [0.717, 1.165) is 51.0 Å². The van der Waals surface area contributed by atoms with Crippen LogP contribution in [0.15, 0.2) is 12.7 Å². The SMILES string of the molecule is C=CC(=O)NCC(=O)NCC1C2CCC(O2)C1CCCCCCC(=O)CO. The Morgan fingerprint density at radius 3 is 2.44 bits per heavy atom. The van der Waals surface area contributed by atoms with Crippen LogP contribution < -0.4 is 10.6 Å². The molecule has 4 unspecified atom stereocenters. The zero-order valence-electron chi connectivity index (χ0n) is 16.0. The number of carbonyl (C=O) groups is 3. The van der Waals surface area contributed by atoms with Gasteiger partial charge in [-0.15, -0.1) is 0 Å². The summed E-state index contributed by atoms with van der Waals surface area (Å²) in [5.74, 6) is 0.161. The lowest BCUT2D eigenvalue weighted by atomic mass is 9.76. The number of hydrogen-bond acceptors (Lipinski definition) is 5. The maximum atomic E-state index is 11.9. The molecule has 2 aliphatic rings. The molecule has 0 aliphatic carbocycles. The van der Waals surface area contributed by atoms with Crippen LogP contribution in [0.5, 0.6) is 0 Å². The second kappa shape index (κ2) is 11.2. The van der Waals surface area contributed by atoms with Crippen LogP contribution >= 0.6 is 0 Å². The Morgan fingerprint density at radius 1 is 1.04 bits per heavy atom. The second-order valence-corrected chi connectivity index (χ2v) is 7.49. The molecule has 0 aromatic heterocycles. The molecule has 2 saturated heterocycles. The van der Waals surface area contributed by atoms with E-state index in [1.807, 2.05) is 0 Å². The summed E-state index contributed by atoms with van der Waals surface area (Å²) in [6.07, 6.45) is 9.35. The first kappa shape index (κ1) is 21.6. The standard InChI is InChI=1S/C20H32N2O5/c1-2-19(25)22-12-20(26)21-11-16-15(17-9-10-18(16)27-17)8-6-4-3-5-7-14(24)13-23/h2,15-18,23H,1,3-13H2,(H,21,26)(H,22,25). The topological polar surface area (TPSA) is 105 Å². The number of aliphatic hydroxyl groups excluding tert-OH is 1. The van der Waals surface area contributed by atoms with Gasteiger partial charge in [-0.3, -0.25) is 14.4 Å². The number of ether oxygens (including phenoxy) is 1. The second-order valence-electron chi connectivity index (χ2n) is 7.49. The molecule has 4 atom stereocenters. The third-order valence-electron chi connectivity index (χ3n) is 5.65. The number of Topliss-reactive ketones (excluding diaryl/α,β-unsaturated/α-hetero) is 1. The number of amides is 2. The molecule has 2 rings (SSSR count). The summed E-state index contributed by atoms with van der Waals surface area (Å²) in [6.45, 7) is 3.55. The lowest BCUT2D eigenvalue weighted by Gasteiger charge is -2.28. The van der Waals surface area contributed by atoms with E-state index in [-0.39, 0.29) is 36.9 Å². The molecule has 7 nitrogen and oxygen atoms in total. The molecule has 0 spiro atoms. The van der Waals surface area contributed by atoms with Gasteiger partial charge in [0, 0.05) is 18.9 Å². The Bertz CT molecular complexity index is 536. The van der Waals surface area contributed by atoms with Crippen LogP contribution in [0, 0.1) is 11.8 Å². The van der Waals surface area contributed by atoms with Crippen LogP contribution in [0.25, 0.3) is 0 Å². The van der Waals surface area contributed by atoms with E-state index in [9.17, 15) is 14.4 Å². The number of rotatable bonds is 13. The van der Waals surface area contributed by atoms with Gasteiger partial charge in [-0.05, 0) is 37.7 Å². The molecule has 2 amide bonds. The summed E-state index contributed by atoms with van der Waals surface area (Å²) in [5.41, 5.74) is 0. The summed E-state index contributed by atoms with van der Waals surface area (Å²) in [7, 11) is 0. The predicted molar refractivity (Wildman–Crippen MR) is 101 cm³/mol. The number of hydrogen-bond donors (Lipinski definition) is 3. The molecular formula is C20H32N2O5. The van der Waals surface area contributed by atoms with E-state index < -0.39 is 0 Å². The molecule has 0 aromatic rings. The average molecular weight is 380 g/mol. The Balaban J connectivity index is 1.67. The molecule has 2 aliphatic heterocycles. The highest BCUT2D eigenvalue weighted by molar-refractivity contribution is 5.90. The van der Waals surface area contributed by atoms with Gasteiger partial charge in [-0.2, -0.15) is 0 Å². The minimum atomic E-state index is -0.355. The number of ketones is 1. The summed E-state index contributed by atoms with van der Waals surface area (Å²) < 4.78 is 6.06. The maximum Gasteiger partial charge on any atom is 0.243 e. The zero-order chi connectivity index (χ0) is 19.6. The number of aliphatic hydroxyl groups is 1. The lowest BCUT2D eigenvalue weighted by molar-refractivity contribution is -0.124. The molecule has 2 heterocycles.